The third-order valence-electron chi connectivity index (χ3n) is 3.76. The van der Waals surface area contributed by atoms with Crippen LogP contribution < -0.4 is 5.73 Å². The van der Waals surface area contributed by atoms with Gasteiger partial charge >= 0.3 is 0 Å². The van der Waals surface area contributed by atoms with E-state index in [-0.39, 0.29) is 12.5 Å². The first-order chi connectivity index (χ1) is 9.24. The zero-order valence-corrected chi connectivity index (χ0v) is 11.6. The minimum absolute atomic E-state index is 0.141. The average Bonchev–Trinajstić information content (AvgIpc) is 2.73. The molecule has 2 rings (SSSR count). The van der Waals surface area contributed by atoms with Gasteiger partial charge in [-0.15, -0.1) is 5.10 Å². The van der Waals surface area contributed by atoms with E-state index in [0.717, 1.165) is 31.5 Å². The molecule has 19 heavy (non-hydrogen) atoms. The Morgan fingerprint density at radius 1 is 1.47 bits per heavy atom. The van der Waals surface area contributed by atoms with Crippen molar-refractivity contribution in [3.8, 4) is 0 Å². The third kappa shape index (κ3) is 3.53. The van der Waals surface area contributed by atoms with E-state index in [4.69, 9.17) is 5.73 Å². The Bertz CT molecular complexity index is 417. The topological polar surface area (TPSA) is 77.0 Å². The number of carbonyl (C=O) groups is 1. The molecule has 1 unspecified atom stereocenters. The molecule has 0 aliphatic carbocycles. The molecule has 0 aromatic carbocycles. The van der Waals surface area contributed by atoms with Crippen LogP contribution in [0, 0.1) is 0 Å². The standard InChI is InChI=1S/C13H23N5O/c1-2-12-6-4-3-5-7-18(12)13(19)10-17-9-11(8-14)15-16-17/h9,12H,2-8,10,14H2,1H3. The first-order valence-electron chi connectivity index (χ1n) is 7.13. The zero-order valence-electron chi connectivity index (χ0n) is 11.6. The highest BCUT2D eigenvalue weighted by atomic mass is 16.2. The number of hydrogen-bond acceptors (Lipinski definition) is 4. The Balaban J connectivity index is 2.00. The van der Waals surface area contributed by atoms with E-state index in [0.29, 0.717) is 12.6 Å². The van der Waals surface area contributed by atoms with E-state index in [1.54, 1.807) is 10.9 Å². The quantitative estimate of drug-likeness (QED) is 0.878. The van der Waals surface area contributed by atoms with Crippen LogP contribution in [0.3, 0.4) is 0 Å². The summed E-state index contributed by atoms with van der Waals surface area (Å²) in [4.78, 5) is 14.4. The minimum atomic E-state index is 0.141. The molecule has 2 N–H and O–H groups in total. The zero-order chi connectivity index (χ0) is 13.7. The normalized spacial score (nSPS) is 20.3. The van der Waals surface area contributed by atoms with Crippen molar-refractivity contribution in [1.29, 1.82) is 0 Å². The van der Waals surface area contributed by atoms with Gasteiger partial charge in [0.2, 0.25) is 5.91 Å². The van der Waals surface area contributed by atoms with Crippen molar-refractivity contribution in [2.75, 3.05) is 6.54 Å². The lowest BCUT2D eigenvalue weighted by atomic mass is 10.1. The monoisotopic (exact) mass is 265 g/mol. The largest absolute Gasteiger partial charge is 0.338 e. The van der Waals surface area contributed by atoms with Crippen LogP contribution in [-0.2, 0) is 17.9 Å². The highest BCUT2D eigenvalue weighted by Crippen LogP contribution is 2.19. The van der Waals surface area contributed by atoms with Gasteiger partial charge in [0.25, 0.3) is 0 Å². The molecule has 0 bridgehead atoms. The van der Waals surface area contributed by atoms with Gasteiger partial charge in [0.05, 0.1) is 11.9 Å². The van der Waals surface area contributed by atoms with Crippen LogP contribution >= 0.6 is 0 Å². The van der Waals surface area contributed by atoms with Crippen LogP contribution in [0.2, 0.25) is 0 Å². The molecule has 6 nitrogen and oxygen atoms in total. The lowest BCUT2D eigenvalue weighted by Crippen LogP contribution is -2.41. The van der Waals surface area contributed by atoms with E-state index >= 15 is 0 Å². The van der Waals surface area contributed by atoms with Crippen molar-refractivity contribution in [2.24, 2.45) is 5.73 Å². The summed E-state index contributed by atoms with van der Waals surface area (Å²) in [5.74, 6) is 0.141. The van der Waals surface area contributed by atoms with Gasteiger partial charge in [0.15, 0.2) is 0 Å². The molecule has 1 aliphatic rings. The molecule has 1 fully saturated rings. The number of nitrogens with zero attached hydrogens (tertiary/aromatic N) is 4. The summed E-state index contributed by atoms with van der Waals surface area (Å²) in [5, 5.41) is 7.84. The third-order valence-corrected chi connectivity index (χ3v) is 3.76. The first-order valence-corrected chi connectivity index (χ1v) is 7.13. The highest BCUT2D eigenvalue weighted by Gasteiger charge is 2.24. The molecule has 6 heteroatoms. The molecule has 0 saturated carbocycles. The van der Waals surface area contributed by atoms with Crippen LogP contribution in [0.1, 0.15) is 44.7 Å². The Labute approximate surface area is 113 Å². The van der Waals surface area contributed by atoms with Crippen LogP contribution in [0.4, 0.5) is 0 Å². The molecule has 1 atom stereocenters. The molecule has 1 aromatic rings. The number of hydrogen-bond donors (Lipinski definition) is 1. The molecule has 1 aromatic heterocycles. The first kappa shape index (κ1) is 14.0. The van der Waals surface area contributed by atoms with Crippen LogP contribution in [0.15, 0.2) is 6.20 Å². The summed E-state index contributed by atoms with van der Waals surface area (Å²) in [7, 11) is 0. The van der Waals surface area contributed by atoms with E-state index < -0.39 is 0 Å². The SMILES string of the molecule is CCC1CCCCCN1C(=O)Cn1cc(CN)nn1. The second-order valence-corrected chi connectivity index (χ2v) is 5.11. The summed E-state index contributed by atoms with van der Waals surface area (Å²) in [6.45, 7) is 3.65. The average molecular weight is 265 g/mol. The predicted octanol–water partition coefficient (Wildman–Crippen LogP) is 0.918. The molecule has 1 saturated heterocycles. The molecule has 0 spiro atoms. The fraction of sp³-hybridized carbons (Fsp3) is 0.769. The Hall–Kier alpha value is -1.43. The van der Waals surface area contributed by atoms with Crippen molar-refractivity contribution < 1.29 is 4.79 Å². The predicted molar refractivity (Wildman–Crippen MR) is 72.2 cm³/mol. The summed E-state index contributed by atoms with van der Waals surface area (Å²) in [5.41, 5.74) is 6.21. The molecule has 106 valence electrons. The second-order valence-electron chi connectivity index (χ2n) is 5.11. The van der Waals surface area contributed by atoms with Crippen LogP contribution in [0.5, 0.6) is 0 Å². The molecule has 1 amide bonds. The molecular weight excluding hydrogens is 242 g/mol. The Morgan fingerprint density at radius 3 is 3.00 bits per heavy atom. The Morgan fingerprint density at radius 2 is 2.32 bits per heavy atom. The fourth-order valence-corrected chi connectivity index (χ4v) is 2.67. The van der Waals surface area contributed by atoms with Gasteiger partial charge in [-0.05, 0) is 19.3 Å². The van der Waals surface area contributed by atoms with Gasteiger partial charge in [-0.3, -0.25) is 4.79 Å². The van der Waals surface area contributed by atoms with Crippen molar-refractivity contribution in [3.05, 3.63) is 11.9 Å². The lowest BCUT2D eigenvalue weighted by molar-refractivity contribution is -0.134. The van der Waals surface area contributed by atoms with Crippen molar-refractivity contribution in [1.82, 2.24) is 19.9 Å². The van der Waals surface area contributed by atoms with E-state index in [1.165, 1.54) is 12.8 Å². The number of aromatic nitrogens is 3. The summed E-state index contributed by atoms with van der Waals surface area (Å²) in [6.07, 6.45) is 7.44. The molecule has 1 aliphatic heterocycles. The van der Waals surface area contributed by atoms with Gasteiger partial charge in [-0.2, -0.15) is 0 Å². The molecule has 0 radical (unpaired) electrons. The fourth-order valence-electron chi connectivity index (χ4n) is 2.67. The second kappa shape index (κ2) is 6.65. The van der Waals surface area contributed by atoms with E-state index in [1.807, 2.05) is 4.90 Å². The van der Waals surface area contributed by atoms with E-state index in [9.17, 15) is 4.79 Å². The molecule has 2 heterocycles. The van der Waals surface area contributed by atoms with Crippen molar-refractivity contribution in [3.63, 3.8) is 0 Å². The lowest BCUT2D eigenvalue weighted by Gasteiger charge is -2.29. The maximum atomic E-state index is 12.4. The van der Waals surface area contributed by atoms with Gasteiger partial charge in [-0.1, -0.05) is 25.0 Å². The van der Waals surface area contributed by atoms with Gasteiger partial charge in [0, 0.05) is 19.1 Å². The summed E-state index contributed by atoms with van der Waals surface area (Å²) < 4.78 is 1.59. The number of carbonyl (C=O) groups excluding carboxylic acids is 1. The van der Waals surface area contributed by atoms with Crippen LogP contribution in [-0.4, -0.2) is 38.4 Å². The highest BCUT2D eigenvalue weighted by molar-refractivity contribution is 5.76. The van der Waals surface area contributed by atoms with Gasteiger partial charge in [0.1, 0.15) is 6.54 Å². The van der Waals surface area contributed by atoms with Gasteiger partial charge in [-0.25, -0.2) is 4.68 Å². The summed E-state index contributed by atoms with van der Waals surface area (Å²) in [6, 6.07) is 0.382. The smallest absolute Gasteiger partial charge is 0.244 e. The number of likely N-dealkylation sites (tertiary alicyclic amines) is 1. The van der Waals surface area contributed by atoms with Gasteiger partial charge < -0.3 is 10.6 Å². The number of rotatable bonds is 4. The maximum Gasteiger partial charge on any atom is 0.244 e. The minimum Gasteiger partial charge on any atom is -0.338 e. The number of nitrogens with two attached hydrogens (primary N) is 1. The van der Waals surface area contributed by atoms with Crippen molar-refractivity contribution >= 4 is 5.91 Å². The van der Waals surface area contributed by atoms with Crippen LogP contribution in [0.25, 0.3) is 0 Å². The molecular formula is C13H23N5O. The number of amides is 1. The maximum absolute atomic E-state index is 12.4. The van der Waals surface area contributed by atoms with E-state index in [2.05, 4.69) is 17.2 Å². The summed E-state index contributed by atoms with van der Waals surface area (Å²) >= 11 is 0. The van der Waals surface area contributed by atoms with Crippen molar-refractivity contribution in [2.45, 2.75) is 58.2 Å². The Kier molecular flexibility index (Phi) is 4.90.